The van der Waals surface area contributed by atoms with Crippen LogP contribution in [-0.2, 0) is 10.8 Å². The number of hydrogen-bond acceptors (Lipinski definition) is 3. The van der Waals surface area contributed by atoms with Crippen LogP contribution in [0.5, 0.6) is 0 Å². The summed E-state index contributed by atoms with van der Waals surface area (Å²) in [7, 11) is 0. The van der Waals surface area contributed by atoms with Crippen molar-refractivity contribution < 1.29 is 8.83 Å². The van der Waals surface area contributed by atoms with Crippen molar-refractivity contribution in [1.29, 1.82) is 0 Å². The van der Waals surface area contributed by atoms with Crippen molar-refractivity contribution in [2.45, 2.75) is 17.8 Å². The standard InChI is InChI=1S/C81H53NO2/c1-52-40-42-59(43-41-52)82(60-44-46-62-68(48-60)80(55-28-12-4-13-29-55,56-30-14-5-15-31-56)70-50-66(53-24-8-2-9-25-53)78-76(74(62)70)64-36-20-22-38-72(64)83-78)61-45-47-63-69(49-61)81(57-32-16-6-17-33-57,58-34-18-7-19-35-58)71-51-67(54-26-10-3-11-27-54)79-77(75(63)71)65-37-21-23-39-73(65)84-79/h2-51H,1H3. The van der Waals surface area contributed by atoms with Crippen LogP contribution in [0.25, 0.3) is 88.4 Å². The molecule has 0 saturated heterocycles. The fraction of sp³-hybridized carbons (Fsp3) is 0.0370. The molecule has 0 radical (unpaired) electrons. The second kappa shape index (κ2) is 18.7. The molecule has 2 aliphatic carbocycles. The highest BCUT2D eigenvalue weighted by Crippen LogP contribution is 2.63. The third-order valence-electron chi connectivity index (χ3n) is 18.3. The highest BCUT2D eigenvalue weighted by molar-refractivity contribution is 6.21. The van der Waals surface area contributed by atoms with Crippen molar-refractivity contribution in [2.24, 2.45) is 0 Å². The average molecular weight is 1070 g/mol. The van der Waals surface area contributed by atoms with E-state index in [0.717, 1.165) is 83.2 Å². The number of hydrogen-bond donors (Lipinski definition) is 0. The molecule has 15 aromatic rings. The summed E-state index contributed by atoms with van der Waals surface area (Å²) in [5, 5.41) is 4.47. The molecule has 0 N–H and O–H groups in total. The molecule has 2 heterocycles. The SMILES string of the molecule is Cc1ccc(N(c2ccc3c(c2)C(c2ccccc2)(c2ccccc2)c2cc(-c4ccccc4)c4oc5ccccc5c4c2-3)c2ccc3c(c2)C(c2ccccc2)(c2ccccc2)c2cc(-c4ccccc4)c4oc5ccccc5c4c2-3)cc1. The molecule has 0 amide bonds. The summed E-state index contributed by atoms with van der Waals surface area (Å²) in [6.45, 7) is 2.17. The Bertz CT molecular complexity index is 4670. The van der Waals surface area contributed by atoms with Gasteiger partial charge >= 0.3 is 0 Å². The molecule has 84 heavy (non-hydrogen) atoms. The van der Waals surface area contributed by atoms with Gasteiger partial charge in [0.05, 0.1) is 10.8 Å². The zero-order valence-electron chi connectivity index (χ0n) is 46.1. The molecule has 0 bridgehead atoms. The number of anilines is 3. The van der Waals surface area contributed by atoms with Gasteiger partial charge in [0.15, 0.2) is 0 Å². The summed E-state index contributed by atoms with van der Waals surface area (Å²) in [6, 6.07) is 112. The second-order valence-electron chi connectivity index (χ2n) is 22.6. The molecule has 0 spiro atoms. The van der Waals surface area contributed by atoms with E-state index in [1.54, 1.807) is 0 Å². The topological polar surface area (TPSA) is 29.5 Å². The first-order chi connectivity index (χ1) is 41.6. The van der Waals surface area contributed by atoms with Crippen LogP contribution in [0.4, 0.5) is 17.1 Å². The smallest absolute Gasteiger partial charge is 0.143 e. The maximum Gasteiger partial charge on any atom is 0.143 e. The summed E-state index contributed by atoms with van der Waals surface area (Å²) in [4.78, 5) is 2.49. The molecular weight excluding hydrogens is 1020 g/mol. The number of nitrogens with zero attached hydrogens (tertiary/aromatic N) is 1. The molecule has 0 aliphatic heterocycles. The Morgan fingerprint density at radius 2 is 0.619 bits per heavy atom. The van der Waals surface area contributed by atoms with Gasteiger partial charge in [-0.2, -0.15) is 0 Å². The Labute approximate surface area is 487 Å². The minimum Gasteiger partial charge on any atom is -0.455 e. The van der Waals surface area contributed by atoms with Crippen molar-refractivity contribution in [3.8, 4) is 44.5 Å². The van der Waals surface area contributed by atoms with Crippen LogP contribution >= 0.6 is 0 Å². The lowest BCUT2D eigenvalue weighted by Gasteiger charge is -2.36. The van der Waals surface area contributed by atoms with E-state index in [2.05, 4.69) is 315 Å². The van der Waals surface area contributed by atoms with E-state index in [1.165, 1.54) is 72.3 Å². The molecular formula is C81H53NO2. The molecule has 2 aromatic heterocycles. The van der Waals surface area contributed by atoms with Crippen molar-refractivity contribution in [3.05, 3.63) is 353 Å². The van der Waals surface area contributed by atoms with Crippen molar-refractivity contribution >= 4 is 60.9 Å². The van der Waals surface area contributed by atoms with Crippen LogP contribution in [0.1, 0.15) is 50.1 Å². The van der Waals surface area contributed by atoms with E-state index in [0.29, 0.717) is 0 Å². The van der Waals surface area contributed by atoms with Crippen molar-refractivity contribution in [2.75, 3.05) is 4.90 Å². The number of fused-ring (bicyclic) bond motifs is 14. The highest BCUT2D eigenvalue weighted by Gasteiger charge is 2.50. The predicted octanol–water partition coefficient (Wildman–Crippen LogP) is 21.3. The Kier molecular flexibility index (Phi) is 10.7. The van der Waals surface area contributed by atoms with Gasteiger partial charge in [0.1, 0.15) is 22.3 Å². The van der Waals surface area contributed by atoms with Crippen LogP contribution < -0.4 is 4.90 Å². The van der Waals surface area contributed by atoms with Gasteiger partial charge in [0.2, 0.25) is 0 Å². The molecule has 0 fully saturated rings. The molecule has 13 aromatic carbocycles. The number of benzene rings is 13. The molecule has 17 rings (SSSR count). The number of furan rings is 2. The Morgan fingerprint density at radius 1 is 0.286 bits per heavy atom. The quantitative estimate of drug-likeness (QED) is 0.144. The predicted molar refractivity (Wildman–Crippen MR) is 346 cm³/mol. The number of rotatable bonds is 9. The molecule has 394 valence electrons. The molecule has 0 atom stereocenters. The monoisotopic (exact) mass is 1070 g/mol. The summed E-state index contributed by atoms with van der Waals surface area (Å²) in [5.74, 6) is 0. The first kappa shape index (κ1) is 48.0. The Hall–Kier alpha value is -10.7. The lowest BCUT2D eigenvalue weighted by molar-refractivity contribution is 0.669. The van der Waals surface area contributed by atoms with Gasteiger partial charge in [-0.3, -0.25) is 0 Å². The van der Waals surface area contributed by atoms with Gasteiger partial charge in [-0.15, -0.1) is 0 Å². The minimum absolute atomic E-state index is 0.747. The van der Waals surface area contributed by atoms with E-state index >= 15 is 0 Å². The maximum absolute atomic E-state index is 7.04. The van der Waals surface area contributed by atoms with E-state index in [9.17, 15) is 0 Å². The van der Waals surface area contributed by atoms with E-state index in [4.69, 9.17) is 8.83 Å². The van der Waals surface area contributed by atoms with Crippen molar-refractivity contribution in [1.82, 2.24) is 0 Å². The minimum atomic E-state index is -0.747. The lowest BCUT2D eigenvalue weighted by Crippen LogP contribution is -2.29. The van der Waals surface area contributed by atoms with E-state index in [-0.39, 0.29) is 0 Å². The van der Waals surface area contributed by atoms with Gasteiger partial charge in [-0.05, 0) is 145 Å². The summed E-state index contributed by atoms with van der Waals surface area (Å²) in [5.41, 5.74) is 25.2. The fourth-order valence-electron chi connectivity index (χ4n) is 14.8. The zero-order chi connectivity index (χ0) is 55.5. The normalized spacial score (nSPS) is 13.5. The fourth-order valence-corrected chi connectivity index (χ4v) is 14.8. The molecule has 2 aliphatic rings. The van der Waals surface area contributed by atoms with Crippen LogP contribution in [0, 0.1) is 6.92 Å². The average Bonchev–Trinajstić information content (AvgIpc) is 1.56. The van der Waals surface area contributed by atoms with Gasteiger partial charge in [-0.1, -0.05) is 248 Å². The van der Waals surface area contributed by atoms with Crippen LogP contribution in [0.15, 0.2) is 312 Å². The Balaban J connectivity index is 0.977. The Morgan fingerprint density at radius 3 is 1.00 bits per heavy atom. The third kappa shape index (κ3) is 6.81. The molecule has 0 unspecified atom stereocenters. The first-order valence-corrected chi connectivity index (χ1v) is 29.1. The van der Waals surface area contributed by atoms with Gasteiger partial charge in [0, 0.05) is 49.7 Å². The van der Waals surface area contributed by atoms with Crippen LogP contribution in [0.2, 0.25) is 0 Å². The van der Waals surface area contributed by atoms with E-state index in [1.807, 2.05) is 0 Å². The third-order valence-corrected chi connectivity index (χ3v) is 18.3. The highest BCUT2D eigenvalue weighted by atomic mass is 16.3. The van der Waals surface area contributed by atoms with Gasteiger partial charge in [0.25, 0.3) is 0 Å². The van der Waals surface area contributed by atoms with Crippen molar-refractivity contribution in [3.63, 3.8) is 0 Å². The van der Waals surface area contributed by atoms with Gasteiger partial charge < -0.3 is 13.7 Å². The summed E-state index contributed by atoms with van der Waals surface area (Å²) >= 11 is 0. The first-order valence-electron chi connectivity index (χ1n) is 29.1. The zero-order valence-corrected chi connectivity index (χ0v) is 46.1. The molecule has 0 saturated carbocycles. The van der Waals surface area contributed by atoms with Gasteiger partial charge in [-0.25, -0.2) is 0 Å². The summed E-state index contributed by atoms with van der Waals surface area (Å²) in [6.07, 6.45) is 0. The maximum atomic E-state index is 7.04. The largest absolute Gasteiger partial charge is 0.455 e. The second-order valence-corrected chi connectivity index (χ2v) is 22.6. The summed E-state index contributed by atoms with van der Waals surface area (Å²) < 4.78 is 14.1. The number of aryl methyl sites for hydroxylation is 1. The molecule has 3 nitrogen and oxygen atoms in total. The molecule has 3 heteroatoms. The van der Waals surface area contributed by atoms with E-state index < -0.39 is 10.8 Å². The van der Waals surface area contributed by atoms with Crippen LogP contribution in [-0.4, -0.2) is 0 Å². The lowest BCUT2D eigenvalue weighted by atomic mass is 9.67. The van der Waals surface area contributed by atoms with Crippen LogP contribution in [0.3, 0.4) is 0 Å². The number of para-hydroxylation sites is 2.